The molecule has 3 N–H and O–H groups in total. The van der Waals surface area contributed by atoms with Gasteiger partial charge in [-0.1, -0.05) is 19.3 Å². The average Bonchev–Trinajstić information content (AvgIpc) is 2.46. The first kappa shape index (κ1) is 13.0. The van der Waals surface area contributed by atoms with Gasteiger partial charge in [-0.2, -0.15) is 10.2 Å². The van der Waals surface area contributed by atoms with Gasteiger partial charge in [0.05, 0.1) is 18.0 Å². The lowest BCUT2D eigenvalue weighted by Crippen LogP contribution is -2.45. The van der Waals surface area contributed by atoms with Gasteiger partial charge in [0.15, 0.2) is 0 Å². The highest BCUT2D eigenvalue weighted by Gasteiger charge is 2.24. The molecule has 0 aliphatic heterocycles. The van der Waals surface area contributed by atoms with E-state index in [0.717, 1.165) is 12.8 Å². The van der Waals surface area contributed by atoms with E-state index < -0.39 is 0 Å². The molecule has 1 aromatic rings. The zero-order valence-corrected chi connectivity index (χ0v) is 10.5. The van der Waals surface area contributed by atoms with E-state index >= 15 is 0 Å². The molecule has 5 heteroatoms. The van der Waals surface area contributed by atoms with Crippen molar-refractivity contribution in [2.75, 3.05) is 6.54 Å². The van der Waals surface area contributed by atoms with Gasteiger partial charge < -0.3 is 11.1 Å². The van der Waals surface area contributed by atoms with Crippen LogP contribution in [0.15, 0.2) is 18.5 Å². The minimum Gasteiger partial charge on any atom is -0.348 e. The molecule has 0 radical (unpaired) electrons. The molecule has 1 fully saturated rings. The Hall–Kier alpha value is -1.49. The molecule has 2 rings (SSSR count). The highest BCUT2D eigenvalue weighted by molar-refractivity contribution is 5.93. The lowest BCUT2D eigenvalue weighted by molar-refractivity contribution is 0.0915. The van der Waals surface area contributed by atoms with E-state index in [-0.39, 0.29) is 11.9 Å². The van der Waals surface area contributed by atoms with Crippen molar-refractivity contribution < 1.29 is 4.79 Å². The highest BCUT2D eigenvalue weighted by atomic mass is 16.1. The predicted molar refractivity (Wildman–Crippen MR) is 68.9 cm³/mol. The van der Waals surface area contributed by atoms with Gasteiger partial charge in [-0.15, -0.1) is 0 Å². The monoisotopic (exact) mass is 248 g/mol. The summed E-state index contributed by atoms with van der Waals surface area (Å²) in [5, 5.41) is 10.4. The van der Waals surface area contributed by atoms with Crippen molar-refractivity contribution in [2.45, 2.75) is 38.1 Å². The smallest absolute Gasteiger partial charge is 0.253 e. The Labute approximate surface area is 107 Å². The highest BCUT2D eigenvalue weighted by Crippen LogP contribution is 2.26. The van der Waals surface area contributed by atoms with Crippen LogP contribution in [-0.2, 0) is 0 Å². The summed E-state index contributed by atoms with van der Waals surface area (Å²) in [7, 11) is 0. The largest absolute Gasteiger partial charge is 0.348 e. The number of carbonyl (C=O) groups excluding carboxylic acids is 1. The van der Waals surface area contributed by atoms with Gasteiger partial charge in [-0.25, -0.2) is 0 Å². The molecule has 5 nitrogen and oxygen atoms in total. The molecule has 18 heavy (non-hydrogen) atoms. The van der Waals surface area contributed by atoms with Crippen molar-refractivity contribution in [1.82, 2.24) is 15.5 Å². The van der Waals surface area contributed by atoms with E-state index in [2.05, 4.69) is 15.5 Å². The third-order valence-corrected chi connectivity index (χ3v) is 3.64. The first-order chi connectivity index (χ1) is 8.81. The molecule has 0 spiro atoms. The second-order valence-corrected chi connectivity index (χ2v) is 4.84. The van der Waals surface area contributed by atoms with Crippen LogP contribution in [0.25, 0.3) is 0 Å². The van der Waals surface area contributed by atoms with Gasteiger partial charge >= 0.3 is 0 Å². The fourth-order valence-corrected chi connectivity index (χ4v) is 2.58. The van der Waals surface area contributed by atoms with Crippen LogP contribution in [0.3, 0.4) is 0 Å². The molecule has 1 aliphatic rings. The standard InChI is InChI=1S/C13H20N4O/c14-8-12(10-4-2-1-3-5-10)17-13(18)11-6-7-15-16-9-11/h6-7,9-10,12H,1-5,8,14H2,(H,17,18). The van der Waals surface area contributed by atoms with Crippen LogP contribution in [0.5, 0.6) is 0 Å². The van der Waals surface area contributed by atoms with E-state index in [0.29, 0.717) is 18.0 Å². The summed E-state index contributed by atoms with van der Waals surface area (Å²) >= 11 is 0. The minimum absolute atomic E-state index is 0.0750. The van der Waals surface area contributed by atoms with Crippen LogP contribution >= 0.6 is 0 Å². The molecule has 98 valence electrons. The Kier molecular flexibility index (Phi) is 4.64. The number of rotatable bonds is 4. The Morgan fingerprint density at radius 1 is 1.39 bits per heavy atom. The first-order valence-electron chi connectivity index (χ1n) is 6.59. The minimum atomic E-state index is -0.106. The Bertz CT molecular complexity index is 376. The van der Waals surface area contributed by atoms with Crippen molar-refractivity contribution in [3.05, 3.63) is 24.0 Å². The number of hydrogen-bond acceptors (Lipinski definition) is 4. The number of nitrogens with two attached hydrogens (primary N) is 1. The van der Waals surface area contributed by atoms with Crippen molar-refractivity contribution in [3.63, 3.8) is 0 Å². The Morgan fingerprint density at radius 2 is 2.17 bits per heavy atom. The maximum atomic E-state index is 12.0. The predicted octanol–water partition coefficient (Wildman–Crippen LogP) is 1.11. The van der Waals surface area contributed by atoms with Gasteiger partial charge in [0, 0.05) is 12.6 Å². The first-order valence-corrected chi connectivity index (χ1v) is 6.59. The summed E-state index contributed by atoms with van der Waals surface area (Å²) in [6.07, 6.45) is 9.11. The number of nitrogens with one attached hydrogen (secondary N) is 1. The molecule has 0 saturated heterocycles. The third kappa shape index (κ3) is 3.26. The SMILES string of the molecule is NCC(NC(=O)c1ccnnc1)C1CCCCC1. The van der Waals surface area contributed by atoms with Crippen molar-refractivity contribution in [3.8, 4) is 0 Å². The van der Waals surface area contributed by atoms with Crippen molar-refractivity contribution in [2.24, 2.45) is 11.7 Å². The molecule has 1 atom stereocenters. The summed E-state index contributed by atoms with van der Waals surface area (Å²) in [6, 6.07) is 1.74. The lowest BCUT2D eigenvalue weighted by Gasteiger charge is -2.30. The number of amides is 1. The maximum absolute atomic E-state index is 12.0. The molecule has 1 saturated carbocycles. The zero-order chi connectivity index (χ0) is 12.8. The van der Waals surface area contributed by atoms with Crippen molar-refractivity contribution in [1.29, 1.82) is 0 Å². The summed E-state index contributed by atoms with van der Waals surface area (Å²) in [5.74, 6) is 0.411. The quantitative estimate of drug-likeness (QED) is 0.836. The zero-order valence-electron chi connectivity index (χ0n) is 10.5. The molecule has 1 heterocycles. The molecular formula is C13H20N4O. The summed E-state index contributed by atoms with van der Waals surface area (Å²) in [4.78, 5) is 12.0. The molecule has 1 amide bonds. The normalized spacial score (nSPS) is 18.3. The number of carbonyl (C=O) groups is 1. The number of aromatic nitrogens is 2. The van der Waals surface area contributed by atoms with Gasteiger partial charge in [-0.3, -0.25) is 4.79 Å². The topological polar surface area (TPSA) is 80.9 Å². The number of nitrogens with zero attached hydrogens (tertiary/aromatic N) is 2. The van der Waals surface area contributed by atoms with Crippen molar-refractivity contribution >= 4 is 5.91 Å². The maximum Gasteiger partial charge on any atom is 0.253 e. The van der Waals surface area contributed by atoms with Gasteiger partial charge in [0.1, 0.15) is 0 Å². The molecule has 1 aromatic heterocycles. The van der Waals surface area contributed by atoms with Crippen LogP contribution < -0.4 is 11.1 Å². The summed E-state index contributed by atoms with van der Waals surface area (Å²) in [6.45, 7) is 0.495. The van der Waals surface area contributed by atoms with E-state index in [1.807, 2.05) is 0 Å². The second kappa shape index (κ2) is 6.44. The van der Waals surface area contributed by atoms with E-state index in [4.69, 9.17) is 5.73 Å². The summed E-state index contributed by atoms with van der Waals surface area (Å²) < 4.78 is 0. The fraction of sp³-hybridized carbons (Fsp3) is 0.615. The van der Waals surface area contributed by atoms with Crippen LogP contribution in [0.2, 0.25) is 0 Å². The Balaban J connectivity index is 1.95. The lowest BCUT2D eigenvalue weighted by atomic mass is 9.84. The van der Waals surface area contributed by atoms with Crippen LogP contribution in [-0.4, -0.2) is 28.7 Å². The number of hydrogen-bond donors (Lipinski definition) is 2. The van der Waals surface area contributed by atoms with Gasteiger partial charge in [0.25, 0.3) is 5.91 Å². The van der Waals surface area contributed by atoms with E-state index in [1.54, 1.807) is 6.07 Å². The fourth-order valence-electron chi connectivity index (χ4n) is 2.58. The molecule has 0 aromatic carbocycles. The molecular weight excluding hydrogens is 228 g/mol. The average molecular weight is 248 g/mol. The van der Waals surface area contributed by atoms with Gasteiger partial charge in [-0.05, 0) is 24.8 Å². The van der Waals surface area contributed by atoms with Crippen LogP contribution in [0, 0.1) is 5.92 Å². The second-order valence-electron chi connectivity index (χ2n) is 4.84. The molecule has 1 aliphatic carbocycles. The molecule has 1 unspecified atom stereocenters. The Morgan fingerprint density at radius 3 is 2.78 bits per heavy atom. The molecule has 0 bridgehead atoms. The van der Waals surface area contributed by atoms with E-state index in [9.17, 15) is 4.79 Å². The summed E-state index contributed by atoms with van der Waals surface area (Å²) in [5.41, 5.74) is 6.33. The van der Waals surface area contributed by atoms with Gasteiger partial charge in [0.2, 0.25) is 0 Å². The third-order valence-electron chi connectivity index (χ3n) is 3.64. The van der Waals surface area contributed by atoms with E-state index in [1.165, 1.54) is 31.7 Å². The van der Waals surface area contributed by atoms with Crippen LogP contribution in [0.4, 0.5) is 0 Å². The van der Waals surface area contributed by atoms with Crippen LogP contribution in [0.1, 0.15) is 42.5 Å².